The topological polar surface area (TPSA) is 26.3 Å². The summed E-state index contributed by atoms with van der Waals surface area (Å²) in [6, 6.07) is 0. The zero-order valence-corrected chi connectivity index (χ0v) is 16.6. The molecule has 3 unspecified atom stereocenters. The lowest BCUT2D eigenvalue weighted by molar-refractivity contribution is -0.113. The average molecular weight is 331 g/mol. The van der Waals surface area contributed by atoms with Crippen LogP contribution in [0.4, 0.5) is 0 Å². The van der Waals surface area contributed by atoms with E-state index in [0.29, 0.717) is 24.2 Å². The normalized spacial score (nSPS) is 31.6. The number of carbonyl (C=O) groups excluding carboxylic acids is 1. The number of hydrogen-bond acceptors (Lipinski definition) is 2. The Morgan fingerprint density at radius 2 is 1.58 bits per heavy atom. The third kappa shape index (κ3) is 2.76. The Labute approximate surface area is 147 Å². The summed E-state index contributed by atoms with van der Waals surface area (Å²) in [5, 5.41) is 0. The average Bonchev–Trinajstić information content (AvgIpc) is 2.65. The molecule has 1 saturated carbocycles. The summed E-state index contributed by atoms with van der Waals surface area (Å²) >= 11 is 0. The Morgan fingerprint density at radius 3 is 2.12 bits per heavy atom. The predicted molar refractivity (Wildman–Crippen MR) is 98.5 cm³/mol. The minimum atomic E-state index is -0.0202. The maximum Gasteiger partial charge on any atom is 0.189 e. The van der Waals surface area contributed by atoms with Crippen molar-refractivity contribution in [1.82, 2.24) is 0 Å². The van der Waals surface area contributed by atoms with Crippen molar-refractivity contribution in [3.63, 3.8) is 0 Å². The van der Waals surface area contributed by atoms with E-state index in [0.717, 1.165) is 23.3 Å². The van der Waals surface area contributed by atoms with Crippen LogP contribution in [-0.2, 0) is 9.53 Å². The Morgan fingerprint density at radius 1 is 0.958 bits per heavy atom. The highest BCUT2D eigenvalue weighted by Crippen LogP contribution is 2.55. The molecule has 0 aromatic carbocycles. The second-order valence-electron chi connectivity index (χ2n) is 10.2. The first-order valence-electron chi connectivity index (χ1n) is 9.68. The van der Waals surface area contributed by atoms with E-state index < -0.39 is 0 Å². The van der Waals surface area contributed by atoms with Gasteiger partial charge in [-0.1, -0.05) is 67.7 Å². The van der Waals surface area contributed by atoms with Crippen LogP contribution in [-0.4, -0.2) is 12.4 Å². The van der Waals surface area contributed by atoms with Gasteiger partial charge in [-0.25, -0.2) is 0 Å². The maximum atomic E-state index is 13.6. The van der Waals surface area contributed by atoms with Gasteiger partial charge in [0.25, 0.3) is 0 Å². The zero-order valence-electron chi connectivity index (χ0n) is 16.6. The Kier molecular flexibility index (Phi) is 4.25. The van der Waals surface area contributed by atoms with E-state index >= 15 is 0 Å². The fraction of sp³-hybridized carbons (Fsp3) is 0.773. The molecule has 0 aromatic rings. The molecule has 3 atom stereocenters. The van der Waals surface area contributed by atoms with Crippen LogP contribution in [0.3, 0.4) is 0 Å². The quantitative estimate of drug-likeness (QED) is 0.618. The Hall–Kier alpha value is -1.05. The highest BCUT2D eigenvalue weighted by Gasteiger charge is 2.52. The summed E-state index contributed by atoms with van der Waals surface area (Å²) in [7, 11) is 0. The molecule has 1 heterocycles. The molecule has 0 radical (unpaired) electrons. The van der Waals surface area contributed by atoms with Crippen molar-refractivity contribution < 1.29 is 9.53 Å². The third-order valence-corrected chi connectivity index (χ3v) is 6.26. The molecule has 0 saturated heterocycles. The second-order valence-corrected chi connectivity index (χ2v) is 10.2. The van der Waals surface area contributed by atoms with Crippen LogP contribution in [0.15, 0.2) is 22.5 Å². The van der Waals surface area contributed by atoms with Gasteiger partial charge in [-0.2, -0.15) is 0 Å². The van der Waals surface area contributed by atoms with E-state index in [2.05, 4.69) is 48.5 Å². The van der Waals surface area contributed by atoms with E-state index in [1.54, 1.807) is 0 Å². The molecule has 24 heavy (non-hydrogen) atoms. The summed E-state index contributed by atoms with van der Waals surface area (Å²) in [6.45, 7) is 16.3. The molecule has 1 fully saturated rings. The van der Waals surface area contributed by atoms with E-state index in [4.69, 9.17) is 4.74 Å². The van der Waals surface area contributed by atoms with Crippen LogP contribution in [0.25, 0.3) is 0 Å². The molecule has 2 heteroatoms. The van der Waals surface area contributed by atoms with Crippen molar-refractivity contribution in [3.8, 4) is 0 Å². The Balaban J connectivity index is 2.15. The van der Waals surface area contributed by atoms with Gasteiger partial charge in [0.15, 0.2) is 5.78 Å². The molecule has 1 aliphatic heterocycles. The molecule has 0 spiro atoms. The lowest BCUT2D eigenvalue weighted by Gasteiger charge is -2.38. The predicted octanol–water partition coefficient (Wildman–Crippen LogP) is 5.68. The number of Topliss-reactive ketones (excluding diaryl/α,β-unsaturated/α-hetero) is 1. The molecular weight excluding hydrogens is 296 g/mol. The molecule has 0 amide bonds. The second kappa shape index (κ2) is 5.75. The zero-order chi connectivity index (χ0) is 17.9. The van der Waals surface area contributed by atoms with Crippen molar-refractivity contribution in [1.29, 1.82) is 0 Å². The number of rotatable bonds is 1. The van der Waals surface area contributed by atoms with E-state index in [1.165, 1.54) is 24.8 Å². The largest absolute Gasteiger partial charge is 0.492 e. The van der Waals surface area contributed by atoms with E-state index in [-0.39, 0.29) is 16.7 Å². The van der Waals surface area contributed by atoms with Gasteiger partial charge < -0.3 is 4.74 Å². The van der Waals surface area contributed by atoms with Crippen molar-refractivity contribution in [2.75, 3.05) is 6.61 Å². The Bertz CT molecular complexity index is 607. The lowest BCUT2D eigenvalue weighted by atomic mass is 9.71. The number of fused-ring (bicyclic) bond motifs is 2. The summed E-state index contributed by atoms with van der Waals surface area (Å²) in [6.07, 6.45) is 4.92. The third-order valence-electron chi connectivity index (χ3n) is 6.26. The van der Waals surface area contributed by atoms with Gasteiger partial charge in [-0.15, -0.1) is 0 Å². The van der Waals surface area contributed by atoms with Gasteiger partial charge in [0.1, 0.15) is 12.4 Å². The fourth-order valence-corrected chi connectivity index (χ4v) is 4.92. The molecule has 134 valence electrons. The van der Waals surface area contributed by atoms with Gasteiger partial charge >= 0.3 is 0 Å². The molecule has 0 N–H and O–H groups in total. The van der Waals surface area contributed by atoms with E-state index in [9.17, 15) is 4.79 Å². The van der Waals surface area contributed by atoms with Gasteiger partial charge in [0, 0.05) is 11.1 Å². The summed E-state index contributed by atoms with van der Waals surface area (Å²) in [4.78, 5) is 13.6. The number of carbonyl (C=O) groups is 1. The first-order chi connectivity index (χ1) is 11.0. The molecule has 2 nitrogen and oxygen atoms in total. The molecular formula is C22H34O2. The molecule has 0 aromatic heterocycles. The summed E-state index contributed by atoms with van der Waals surface area (Å²) in [5.41, 5.74) is 3.32. The van der Waals surface area contributed by atoms with Crippen molar-refractivity contribution in [2.24, 2.45) is 28.6 Å². The highest BCUT2D eigenvalue weighted by molar-refractivity contribution is 6.13. The van der Waals surface area contributed by atoms with Crippen LogP contribution >= 0.6 is 0 Å². The van der Waals surface area contributed by atoms with Crippen molar-refractivity contribution in [3.05, 3.63) is 22.5 Å². The van der Waals surface area contributed by atoms with Gasteiger partial charge in [0.05, 0.1) is 5.92 Å². The molecule has 3 aliphatic rings. The van der Waals surface area contributed by atoms with Crippen molar-refractivity contribution >= 4 is 5.78 Å². The first kappa shape index (κ1) is 17.8. The van der Waals surface area contributed by atoms with E-state index in [1.807, 2.05) is 0 Å². The first-order valence-corrected chi connectivity index (χ1v) is 9.68. The smallest absolute Gasteiger partial charge is 0.189 e. The lowest BCUT2D eigenvalue weighted by Crippen LogP contribution is -2.32. The minimum Gasteiger partial charge on any atom is -0.492 e. The molecule has 2 bridgehead atoms. The highest BCUT2D eigenvalue weighted by atomic mass is 16.5. The van der Waals surface area contributed by atoms with Gasteiger partial charge in [-0.3, -0.25) is 4.79 Å². The van der Waals surface area contributed by atoms with Gasteiger partial charge in [-0.05, 0) is 34.7 Å². The van der Waals surface area contributed by atoms with Crippen LogP contribution < -0.4 is 0 Å². The van der Waals surface area contributed by atoms with Crippen LogP contribution in [0.5, 0.6) is 0 Å². The minimum absolute atomic E-state index is 0.0108. The monoisotopic (exact) mass is 330 g/mol. The molecule has 3 rings (SSSR count). The summed E-state index contributed by atoms with van der Waals surface area (Å²) in [5.74, 6) is 2.45. The number of ether oxygens (including phenoxy) is 1. The van der Waals surface area contributed by atoms with Gasteiger partial charge in [0.2, 0.25) is 0 Å². The maximum absolute atomic E-state index is 13.6. The standard InChI is InChI=1S/C22H34O2/c1-13-10-8-9-11-14(13)16-19(23)17-15(21(2,3)4)12-24-20(16)18(17)22(5,6)7/h13-14,18H,8-12H2,1-7H3. The SMILES string of the molecule is CC1CCCCC1C1=C2OCC(C(C)(C)C)=C(C1=O)C2C(C)(C)C. The number of allylic oxidation sites excluding steroid dienone is 2. The van der Waals surface area contributed by atoms with Crippen LogP contribution in [0, 0.1) is 28.6 Å². The number of ketones is 1. The summed E-state index contributed by atoms with van der Waals surface area (Å²) < 4.78 is 6.33. The van der Waals surface area contributed by atoms with Crippen molar-refractivity contribution in [2.45, 2.75) is 74.1 Å². The molecule has 2 aliphatic carbocycles. The fourth-order valence-electron chi connectivity index (χ4n) is 4.92. The van der Waals surface area contributed by atoms with Crippen LogP contribution in [0.1, 0.15) is 74.1 Å². The number of hydrogen-bond donors (Lipinski definition) is 0. The van der Waals surface area contributed by atoms with Crippen LogP contribution in [0.2, 0.25) is 0 Å².